The highest BCUT2D eigenvalue weighted by atomic mass is 16.5. The Morgan fingerprint density at radius 3 is 2.63 bits per heavy atom. The van der Waals surface area contributed by atoms with Gasteiger partial charge in [-0.05, 0) is 7.05 Å². The number of rotatable bonds is 9. The van der Waals surface area contributed by atoms with Gasteiger partial charge in [-0.1, -0.05) is 5.92 Å². The molecule has 0 saturated heterocycles. The van der Waals surface area contributed by atoms with Crippen molar-refractivity contribution >= 4 is 12.0 Å². The normalized spacial score (nSPS) is 10.0. The molecule has 0 spiro atoms. The molecule has 0 saturated carbocycles. The highest BCUT2D eigenvalue weighted by molar-refractivity contribution is 5.80. The van der Waals surface area contributed by atoms with E-state index in [0.29, 0.717) is 19.7 Å². The third-order valence-corrected chi connectivity index (χ3v) is 2.34. The first-order valence-corrected chi connectivity index (χ1v) is 5.86. The second kappa shape index (κ2) is 10.2. The molecular formula is C12H21N3O4. The van der Waals surface area contributed by atoms with Gasteiger partial charge in [-0.2, -0.15) is 0 Å². The maximum Gasteiger partial charge on any atom is 0.323 e. The Hall–Kier alpha value is -1.78. The molecule has 0 aromatic rings. The molecular weight excluding hydrogens is 250 g/mol. The summed E-state index contributed by atoms with van der Waals surface area (Å²) in [5.41, 5.74) is 0. The number of hydrogen-bond donors (Lipinski definition) is 2. The molecule has 0 radical (unpaired) electrons. The number of carboxylic acid groups (broad SMARTS) is 1. The van der Waals surface area contributed by atoms with Gasteiger partial charge >= 0.3 is 12.0 Å². The van der Waals surface area contributed by atoms with Gasteiger partial charge in [0.05, 0.1) is 13.2 Å². The Morgan fingerprint density at radius 2 is 2.11 bits per heavy atom. The molecule has 0 aliphatic carbocycles. The molecule has 0 unspecified atom stereocenters. The molecule has 7 heteroatoms. The summed E-state index contributed by atoms with van der Waals surface area (Å²) in [6.45, 7) is 2.00. The molecule has 0 bridgehead atoms. The summed E-state index contributed by atoms with van der Waals surface area (Å²) in [5, 5.41) is 11.3. The van der Waals surface area contributed by atoms with Crippen molar-refractivity contribution in [1.29, 1.82) is 0 Å². The standard InChI is InChI=1S/C12H21N3O4/c1-4-6-15(10-11(16)17)12(18)13-5-7-14(2)8-9-19-3/h1H,5-10H2,2-3H3,(H,13,18)(H,16,17). The summed E-state index contributed by atoms with van der Waals surface area (Å²) in [6, 6.07) is -0.472. The zero-order valence-electron chi connectivity index (χ0n) is 11.4. The molecule has 0 heterocycles. The number of urea groups is 1. The average Bonchev–Trinajstić information content (AvgIpc) is 2.35. The van der Waals surface area contributed by atoms with Gasteiger partial charge in [0.15, 0.2) is 0 Å². The molecule has 0 rings (SSSR count). The molecule has 0 aliphatic heterocycles. The fourth-order valence-electron chi connectivity index (χ4n) is 1.30. The molecule has 0 aliphatic rings. The summed E-state index contributed by atoms with van der Waals surface area (Å²) in [5.74, 6) is 1.16. The van der Waals surface area contributed by atoms with Crippen LogP contribution in [0.5, 0.6) is 0 Å². The fraction of sp³-hybridized carbons (Fsp3) is 0.667. The van der Waals surface area contributed by atoms with Gasteiger partial charge in [-0.15, -0.1) is 6.42 Å². The van der Waals surface area contributed by atoms with E-state index in [2.05, 4.69) is 11.2 Å². The van der Waals surface area contributed by atoms with Crippen molar-refractivity contribution in [2.45, 2.75) is 0 Å². The minimum absolute atomic E-state index is 0.0301. The van der Waals surface area contributed by atoms with Crippen LogP contribution < -0.4 is 5.32 Å². The number of nitrogens with zero attached hydrogens (tertiary/aromatic N) is 2. The van der Waals surface area contributed by atoms with Crippen LogP contribution in [0, 0.1) is 12.3 Å². The van der Waals surface area contributed by atoms with Crippen LogP contribution in [0.2, 0.25) is 0 Å². The molecule has 19 heavy (non-hydrogen) atoms. The molecule has 0 aromatic heterocycles. The first-order chi connectivity index (χ1) is 9.01. The van der Waals surface area contributed by atoms with Crippen LogP contribution in [-0.4, -0.2) is 80.4 Å². The Balaban J connectivity index is 3.99. The van der Waals surface area contributed by atoms with Gasteiger partial charge in [0.1, 0.15) is 6.54 Å². The molecule has 2 amide bonds. The Morgan fingerprint density at radius 1 is 1.42 bits per heavy atom. The van der Waals surface area contributed by atoms with Crippen molar-refractivity contribution in [3.8, 4) is 12.3 Å². The van der Waals surface area contributed by atoms with E-state index in [9.17, 15) is 9.59 Å². The Labute approximate surface area is 113 Å². The largest absolute Gasteiger partial charge is 0.480 e. The molecule has 0 aromatic carbocycles. The predicted molar refractivity (Wildman–Crippen MR) is 70.8 cm³/mol. The zero-order valence-corrected chi connectivity index (χ0v) is 11.4. The molecule has 7 nitrogen and oxygen atoms in total. The number of nitrogens with one attached hydrogen (secondary N) is 1. The van der Waals surface area contributed by atoms with E-state index in [-0.39, 0.29) is 6.54 Å². The lowest BCUT2D eigenvalue weighted by Gasteiger charge is -2.20. The van der Waals surface area contributed by atoms with Crippen LogP contribution in [-0.2, 0) is 9.53 Å². The quantitative estimate of drug-likeness (QED) is 0.542. The maximum absolute atomic E-state index is 11.7. The number of hydrogen-bond acceptors (Lipinski definition) is 4. The lowest BCUT2D eigenvalue weighted by molar-refractivity contribution is -0.137. The fourth-order valence-corrected chi connectivity index (χ4v) is 1.30. The highest BCUT2D eigenvalue weighted by Gasteiger charge is 2.15. The number of carbonyl (C=O) groups excluding carboxylic acids is 1. The highest BCUT2D eigenvalue weighted by Crippen LogP contribution is 1.89. The van der Waals surface area contributed by atoms with Gasteiger partial charge < -0.3 is 25.0 Å². The number of likely N-dealkylation sites (N-methyl/N-ethyl adjacent to an activating group) is 1. The van der Waals surface area contributed by atoms with E-state index in [4.69, 9.17) is 16.3 Å². The summed E-state index contributed by atoms with van der Waals surface area (Å²) in [7, 11) is 3.53. The predicted octanol–water partition coefficient (Wildman–Crippen LogP) is -0.706. The minimum atomic E-state index is -1.09. The number of aliphatic carboxylic acids is 1. The minimum Gasteiger partial charge on any atom is -0.480 e. The zero-order chi connectivity index (χ0) is 14.7. The Bertz CT molecular complexity index is 327. The topological polar surface area (TPSA) is 82.1 Å². The monoisotopic (exact) mass is 271 g/mol. The van der Waals surface area contributed by atoms with Crippen molar-refractivity contribution in [3.05, 3.63) is 0 Å². The van der Waals surface area contributed by atoms with Crippen LogP contribution in [0.15, 0.2) is 0 Å². The van der Waals surface area contributed by atoms with Crippen molar-refractivity contribution in [3.63, 3.8) is 0 Å². The van der Waals surface area contributed by atoms with Crippen LogP contribution in [0.4, 0.5) is 4.79 Å². The smallest absolute Gasteiger partial charge is 0.323 e. The van der Waals surface area contributed by atoms with Crippen molar-refractivity contribution in [2.75, 3.05) is 53.5 Å². The third-order valence-electron chi connectivity index (χ3n) is 2.34. The SMILES string of the molecule is C#CCN(CC(=O)O)C(=O)NCCN(C)CCOC. The van der Waals surface area contributed by atoms with Crippen molar-refractivity contribution in [1.82, 2.24) is 15.1 Å². The average molecular weight is 271 g/mol. The second-order valence-corrected chi connectivity index (χ2v) is 3.98. The summed E-state index contributed by atoms with van der Waals surface area (Å²) in [4.78, 5) is 25.3. The van der Waals surface area contributed by atoms with Crippen LogP contribution >= 0.6 is 0 Å². The van der Waals surface area contributed by atoms with E-state index in [1.807, 2.05) is 11.9 Å². The number of carbonyl (C=O) groups is 2. The lowest BCUT2D eigenvalue weighted by atomic mass is 10.4. The summed E-state index contributed by atoms with van der Waals surface area (Å²) >= 11 is 0. The second-order valence-electron chi connectivity index (χ2n) is 3.98. The number of ether oxygens (including phenoxy) is 1. The van der Waals surface area contributed by atoms with E-state index < -0.39 is 18.5 Å². The van der Waals surface area contributed by atoms with E-state index in [0.717, 1.165) is 11.4 Å². The number of methoxy groups -OCH3 is 1. The third kappa shape index (κ3) is 8.88. The maximum atomic E-state index is 11.7. The summed E-state index contributed by atoms with van der Waals surface area (Å²) in [6.07, 6.45) is 5.09. The van der Waals surface area contributed by atoms with Gasteiger partial charge in [0.25, 0.3) is 0 Å². The number of amides is 2. The lowest BCUT2D eigenvalue weighted by Crippen LogP contribution is -2.45. The summed E-state index contributed by atoms with van der Waals surface area (Å²) < 4.78 is 4.93. The van der Waals surface area contributed by atoms with Crippen molar-refractivity contribution in [2.24, 2.45) is 0 Å². The van der Waals surface area contributed by atoms with Gasteiger partial charge in [0, 0.05) is 26.7 Å². The van der Waals surface area contributed by atoms with Gasteiger partial charge in [0.2, 0.25) is 0 Å². The van der Waals surface area contributed by atoms with E-state index >= 15 is 0 Å². The molecule has 108 valence electrons. The Kier molecular flexibility index (Phi) is 9.22. The molecule has 0 fully saturated rings. The van der Waals surface area contributed by atoms with Crippen LogP contribution in [0.1, 0.15) is 0 Å². The van der Waals surface area contributed by atoms with Gasteiger partial charge in [-0.3, -0.25) is 4.79 Å². The first kappa shape index (κ1) is 17.2. The van der Waals surface area contributed by atoms with E-state index in [1.165, 1.54) is 0 Å². The van der Waals surface area contributed by atoms with E-state index in [1.54, 1.807) is 7.11 Å². The molecule has 0 atom stereocenters. The van der Waals surface area contributed by atoms with Gasteiger partial charge in [-0.25, -0.2) is 4.79 Å². The van der Waals surface area contributed by atoms with Crippen molar-refractivity contribution < 1.29 is 19.4 Å². The van der Waals surface area contributed by atoms with Crippen LogP contribution in [0.3, 0.4) is 0 Å². The molecule has 2 N–H and O–H groups in total. The first-order valence-electron chi connectivity index (χ1n) is 5.86. The number of terminal acetylenes is 1. The number of carboxylic acids is 1. The van der Waals surface area contributed by atoms with Crippen LogP contribution in [0.25, 0.3) is 0 Å².